The van der Waals surface area contributed by atoms with Crippen molar-refractivity contribution < 1.29 is 4.74 Å². The number of ether oxygens (including phenoxy) is 1. The largest absolute Gasteiger partial charge is 0.380 e. The quantitative estimate of drug-likeness (QED) is 0.769. The summed E-state index contributed by atoms with van der Waals surface area (Å²) in [6, 6.07) is 8.34. The van der Waals surface area contributed by atoms with Crippen molar-refractivity contribution in [3.05, 3.63) is 41.5 Å². The van der Waals surface area contributed by atoms with Crippen LogP contribution in [-0.2, 0) is 11.3 Å². The Morgan fingerprint density at radius 3 is 3.00 bits per heavy atom. The van der Waals surface area contributed by atoms with E-state index in [0.29, 0.717) is 6.61 Å². The van der Waals surface area contributed by atoms with E-state index in [1.807, 2.05) is 13.1 Å². The molecular weight excluding hydrogens is 174 g/mol. The third kappa shape index (κ3) is 3.73. The van der Waals surface area contributed by atoms with Crippen molar-refractivity contribution in [1.29, 1.82) is 0 Å². The highest BCUT2D eigenvalue weighted by molar-refractivity contribution is 5.50. The molecule has 0 aliphatic rings. The summed E-state index contributed by atoms with van der Waals surface area (Å²) in [5.41, 5.74) is 2.42. The van der Waals surface area contributed by atoms with E-state index >= 15 is 0 Å². The van der Waals surface area contributed by atoms with E-state index in [-0.39, 0.29) is 0 Å². The monoisotopic (exact) mass is 191 g/mol. The molecule has 0 fully saturated rings. The molecule has 0 spiro atoms. The molecule has 0 atom stereocenters. The molecule has 2 heteroatoms. The van der Waals surface area contributed by atoms with Crippen LogP contribution < -0.4 is 5.32 Å². The highest BCUT2D eigenvalue weighted by atomic mass is 16.5. The second kappa shape index (κ2) is 6.35. The lowest BCUT2D eigenvalue weighted by Crippen LogP contribution is -2.03. The van der Waals surface area contributed by atoms with Crippen molar-refractivity contribution in [1.82, 2.24) is 5.32 Å². The third-order valence-corrected chi connectivity index (χ3v) is 1.89. The fourth-order valence-electron chi connectivity index (χ4n) is 1.27. The summed E-state index contributed by atoms with van der Waals surface area (Å²) < 4.78 is 5.07. The summed E-state index contributed by atoms with van der Waals surface area (Å²) >= 11 is 0. The van der Waals surface area contributed by atoms with Crippen LogP contribution >= 0.6 is 0 Å². The van der Waals surface area contributed by atoms with Gasteiger partial charge in [-0.25, -0.2) is 0 Å². The summed E-state index contributed by atoms with van der Waals surface area (Å²) in [5.74, 6) is 0. The van der Waals surface area contributed by atoms with Gasteiger partial charge in [0.2, 0.25) is 0 Å². The molecule has 0 aliphatic heterocycles. The Balaban J connectivity index is 2.63. The Bertz CT molecular complexity index is 294. The molecule has 0 heterocycles. The summed E-state index contributed by atoms with van der Waals surface area (Å²) in [4.78, 5) is 0. The van der Waals surface area contributed by atoms with Crippen LogP contribution in [-0.4, -0.2) is 20.7 Å². The molecule has 1 rings (SSSR count). The van der Waals surface area contributed by atoms with Crippen LogP contribution in [0.15, 0.2) is 30.3 Å². The van der Waals surface area contributed by atoms with Crippen LogP contribution in [0.3, 0.4) is 0 Å². The number of hydrogen-bond donors (Lipinski definition) is 1. The van der Waals surface area contributed by atoms with Crippen molar-refractivity contribution in [2.75, 3.05) is 20.7 Å². The summed E-state index contributed by atoms with van der Waals surface area (Å²) in [5, 5.41) is 3.07. The zero-order valence-corrected chi connectivity index (χ0v) is 8.79. The lowest BCUT2D eigenvalue weighted by molar-refractivity contribution is 0.185. The van der Waals surface area contributed by atoms with Crippen LogP contribution in [0.1, 0.15) is 11.1 Å². The van der Waals surface area contributed by atoms with Gasteiger partial charge in [-0.05, 0) is 24.2 Å². The predicted octanol–water partition coefficient (Wildman–Crippen LogP) is 2.07. The zero-order chi connectivity index (χ0) is 10.2. The minimum absolute atomic E-state index is 0.674. The standard InChI is InChI=1S/C12H17NO/c1-13-8-4-7-11-5-3-6-12(9-11)10-14-2/h3-7,9,13H,8,10H2,1-2H3. The molecule has 2 nitrogen and oxygen atoms in total. The molecule has 0 saturated carbocycles. The Hall–Kier alpha value is -1.12. The number of benzene rings is 1. The maximum atomic E-state index is 5.07. The maximum Gasteiger partial charge on any atom is 0.0713 e. The Labute approximate surface area is 85.6 Å². The molecule has 76 valence electrons. The van der Waals surface area contributed by atoms with Gasteiger partial charge in [0, 0.05) is 13.7 Å². The molecule has 14 heavy (non-hydrogen) atoms. The van der Waals surface area contributed by atoms with Gasteiger partial charge < -0.3 is 10.1 Å². The second-order valence-corrected chi connectivity index (χ2v) is 3.14. The average Bonchev–Trinajstić information content (AvgIpc) is 2.19. The Morgan fingerprint density at radius 2 is 2.29 bits per heavy atom. The van der Waals surface area contributed by atoms with Crippen molar-refractivity contribution in [3.63, 3.8) is 0 Å². The van der Waals surface area contributed by atoms with Crippen molar-refractivity contribution in [3.8, 4) is 0 Å². The van der Waals surface area contributed by atoms with E-state index < -0.39 is 0 Å². The van der Waals surface area contributed by atoms with Crippen LogP contribution in [0.5, 0.6) is 0 Å². The zero-order valence-electron chi connectivity index (χ0n) is 8.79. The molecule has 0 unspecified atom stereocenters. The summed E-state index contributed by atoms with van der Waals surface area (Å²) in [7, 11) is 3.65. The smallest absolute Gasteiger partial charge is 0.0713 e. The van der Waals surface area contributed by atoms with Crippen LogP contribution in [0.4, 0.5) is 0 Å². The van der Waals surface area contributed by atoms with Gasteiger partial charge in [0.25, 0.3) is 0 Å². The summed E-state index contributed by atoms with van der Waals surface area (Å²) in [6.07, 6.45) is 4.21. The van der Waals surface area contributed by atoms with Crippen molar-refractivity contribution in [2.45, 2.75) is 6.61 Å². The van der Waals surface area contributed by atoms with Gasteiger partial charge >= 0.3 is 0 Å². The van der Waals surface area contributed by atoms with Gasteiger partial charge in [-0.1, -0.05) is 30.4 Å². The van der Waals surface area contributed by atoms with Crippen LogP contribution in [0.25, 0.3) is 6.08 Å². The molecule has 1 aromatic carbocycles. The number of rotatable bonds is 5. The van der Waals surface area contributed by atoms with E-state index in [4.69, 9.17) is 4.74 Å². The second-order valence-electron chi connectivity index (χ2n) is 3.14. The molecule has 0 amide bonds. The van der Waals surface area contributed by atoms with E-state index in [0.717, 1.165) is 6.54 Å². The minimum atomic E-state index is 0.674. The van der Waals surface area contributed by atoms with Crippen molar-refractivity contribution in [2.24, 2.45) is 0 Å². The minimum Gasteiger partial charge on any atom is -0.380 e. The van der Waals surface area contributed by atoms with Crippen LogP contribution in [0.2, 0.25) is 0 Å². The molecule has 0 radical (unpaired) electrons. The van der Waals surface area contributed by atoms with E-state index in [9.17, 15) is 0 Å². The normalized spacial score (nSPS) is 11.0. The third-order valence-electron chi connectivity index (χ3n) is 1.89. The van der Waals surface area contributed by atoms with Gasteiger partial charge in [0.1, 0.15) is 0 Å². The summed E-state index contributed by atoms with van der Waals surface area (Å²) in [6.45, 7) is 1.57. The molecule has 0 aliphatic carbocycles. The molecule has 0 saturated heterocycles. The molecule has 0 bridgehead atoms. The topological polar surface area (TPSA) is 21.3 Å². The average molecular weight is 191 g/mol. The number of methoxy groups -OCH3 is 1. The number of likely N-dealkylation sites (N-methyl/N-ethyl adjacent to an activating group) is 1. The fraction of sp³-hybridized carbons (Fsp3) is 0.333. The Kier molecular flexibility index (Phi) is 4.97. The Morgan fingerprint density at radius 1 is 1.43 bits per heavy atom. The van der Waals surface area contributed by atoms with Gasteiger partial charge in [-0.2, -0.15) is 0 Å². The number of hydrogen-bond acceptors (Lipinski definition) is 2. The van der Waals surface area contributed by atoms with Crippen molar-refractivity contribution >= 4 is 6.08 Å². The first-order valence-electron chi connectivity index (χ1n) is 4.76. The SMILES string of the molecule is CNCC=Cc1cccc(COC)c1. The predicted molar refractivity (Wildman–Crippen MR) is 60.1 cm³/mol. The van der Waals surface area contributed by atoms with Gasteiger partial charge in [0.15, 0.2) is 0 Å². The van der Waals surface area contributed by atoms with E-state index in [1.165, 1.54) is 11.1 Å². The molecular formula is C12H17NO. The van der Waals surface area contributed by atoms with Gasteiger partial charge in [-0.15, -0.1) is 0 Å². The fourth-order valence-corrected chi connectivity index (χ4v) is 1.27. The molecule has 0 aromatic heterocycles. The first-order chi connectivity index (χ1) is 6.86. The van der Waals surface area contributed by atoms with E-state index in [1.54, 1.807) is 7.11 Å². The molecule has 1 N–H and O–H groups in total. The maximum absolute atomic E-state index is 5.07. The van der Waals surface area contributed by atoms with Crippen LogP contribution in [0, 0.1) is 0 Å². The lowest BCUT2D eigenvalue weighted by Gasteiger charge is -2.00. The van der Waals surface area contributed by atoms with Gasteiger partial charge in [-0.3, -0.25) is 0 Å². The highest BCUT2D eigenvalue weighted by Crippen LogP contribution is 2.07. The molecule has 1 aromatic rings. The number of nitrogens with one attached hydrogen (secondary N) is 1. The first kappa shape index (κ1) is 11.0. The lowest BCUT2D eigenvalue weighted by atomic mass is 10.1. The highest BCUT2D eigenvalue weighted by Gasteiger charge is 1.91. The van der Waals surface area contributed by atoms with E-state index in [2.05, 4.69) is 35.7 Å². The first-order valence-corrected chi connectivity index (χ1v) is 4.76. The van der Waals surface area contributed by atoms with Gasteiger partial charge in [0.05, 0.1) is 6.61 Å².